The number of ether oxygens (including phenoxy) is 1. The van der Waals surface area contributed by atoms with Gasteiger partial charge < -0.3 is 14.9 Å². The Morgan fingerprint density at radius 3 is 2.60 bits per heavy atom. The third kappa shape index (κ3) is 2.59. The summed E-state index contributed by atoms with van der Waals surface area (Å²) in [6, 6.07) is 17.4. The van der Waals surface area contributed by atoms with Gasteiger partial charge in [0.05, 0.1) is 18.4 Å². The van der Waals surface area contributed by atoms with Gasteiger partial charge in [-0.3, -0.25) is 0 Å². The third-order valence-electron chi connectivity index (χ3n) is 4.06. The first kappa shape index (κ1) is 15.2. The van der Waals surface area contributed by atoms with E-state index in [1.165, 1.54) is 6.07 Å². The number of oxazole rings is 1. The fraction of sp³-hybridized carbons (Fsp3) is 0.0500. The first-order valence-electron chi connectivity index (χ1n) is 7.75. The summed E-state index contributed by atoms with van der Waals surface area (Å²) in [7, 11) is 1.57. The Balaban J connectivity index is 1.91. The molecule has 25 heavy (non-hydrogen) atoms. The maximum absolute atomic E-state index is 14.1. The molecule has 0 fully saturated rings. The fourth-order valence-electron chi connectivity index (χ4n) is 2.82. The number of halogens is 1. The smallest absolute Gasteiger partial charge is 0.231 e. The van der Waals surface area contributed by atoms with E-state index in [0.29, 0.717) is 45.1 Å². The van der Waals surface area contributed by atoms with E-state index in [-0.39, 0.29) is 5.82 Å². The van der Waals surface area contributed by atoms with Gasteiger partial charge in [-0.15, -0.1) is 0 Å². The molecule has 0 bridgehead atoms. The molecule has 124 valence electrons. The Kier molecular flexibility index (Phi) is 3.61. The van der Waals surface area contributed by atoms with Gasteiger partial charge in [-0.2, -0.15) is 0 Å². The van der Waals surface area contributed by atoms with Crippen molar-refractivity contribution in [3.05, 3.63) is 66.5 Å². The van der Waals surface area contributed by atoms with E-state index in [1.54, 1.807) is 61.7 Å². The second-order valence-electron chi connectivity index (χ2n) is 5.61. The average molecular weight is 334 g/mol. The Labute approximate surface area is 143 Å². The van der Waals surface area contributed by atoms with Crippen LogP contribution in [0, 0.1) is 5.82 Å². The highest BCUT2D eigenvalue weighted by Crippen LogP contribution is 2.36. The number of rotatable bonds is 3. The molecular weight excluding hydrogens is 319 g/mol. The second kappa shape index (κ2) is 5.94. The maximum Gasteiger partial charge on any atom is 0.231 e. The molecule has 4 nitrogen and oxygen atoms in total. The van der Waals surface area contributed by atoms with Crippen LogP contribution in [0.4, 0.5) is 10.1 Å². The number of para-hydroxylation sites is 1. The van der Waals surface area contributed by atoms with E-state index >= 15 is 0 Å². The van der Waals surface area contributed by atoms with Crippen LogP contribution in [-0.2, 0) is 0 Å². The molecule has 1 heterocycles. The molecule has 4 rings (SSSR count). The maximum atomic E-state index is 14.1. The molecule has 0 aliphatic rings. The zero-order valence-corrected chi connectivity index (χ0v) is 13.5. The lowest BCUT2D eigenvalue weighted by atomic mass is 10.0. The average Bonchev–Trinajstić information content (AvgIpc) is 3.07. The molecule has 0 aliphatic carbocycles. The number of nitrogen functional groups attached to an aromatic ring is 1. The summed E-state index contributed by atoms with van der Waals surface area (Å²) in [5.74, 6) is 0.675. The number of anilines is 1. The van der Waals surface area contributed by atoms with Crippen molar-refractivity contribution in [2.45, 2.75) is 0 Å². The van der Waals surface area contributed by atoms with Crippen LogP contribution >= 0.6 is 0 Å². The van der Waals surface area contributed by atoms with E-state index in [1.807, 2.05) is 0 Å². The van der Waals surface area contributed by atoms with E-state index in [4.69, 9.17) is 14.9 Å². The summed E-state index contributed by atoms with van der Waals surface area (Å²) in [5, 5.41) is 0. The Hall–Kier alpha value is -3.34. The summed E-state index contributed by atoms with van der Waals surface area (Å²) in [5.41, 5.74) is 9.53. The molecular formula is C20H15FN2O2. The first-order valence-corrected chi connectivity index (χ1v) is 7.75. The molecule has 0 unspecified atom stereocenters. The van der Waals surface area contributed by atoms with Gasteiger partial charge in [-0.25, -0.2) is 9.37 Å². The van der Waals surface area contributed by atoms with Gasteiger partial charge in [-0.05, 0) is 35.9 Å². The number of fused-ring (bicyclic) bond motifs is 1. The summed E-state index contributed by atoms with van der Waals surface area (Å²) < 4.78 is 25.4. The fourth-order valence-corrected chi connectivity index (χ4v) is 2.82. The van der Waals surface area contributed by atoms with Crippen molar-refractivity contribution in [2.24, 2.45) is 0 Å². The van der Waals surface area contributed by atoms with Crippen molar-refractivity contribution in [3.8, 4) is 28.3 Å². The normalized spacial score (nSPS) is 11.0. The number of hydrogen-bond donors (Lipinski definition) is 1. The summed E-state index contributed by atoms with van der Waals surface area (Å²) in [4.78, 5) is 4.48. The highest BCUT2D eigenvalue weighted by atomic mass is 19.1. The standard InChI is InChI=1S/C20H15FN2O2/c1-24-17-10-9-12(13-5-2-3-6-15(13)21)11-14(17)20-23-19-16(22)7-4-8-18(19)25-20/h2-11H,22H2,1H3. The summed E-state index contributed by atoms with van der Waals surface area (Å²) >= 11 is 0. The van der Waals surface area contributed by atoms with E-state index < -0.39 is 0 Å². The van der Waals surface area contributed by atoms with Crippen LogP contribution in [0.1, 0.15) is 0 Å². The van der Waals surface area contributed by atoms with Gasteiger partial charge in [0.2, 0.25) is 5.89 Å². The number of benzene rings is 3. The van der Waals surface area contributed by atoms with Crippen LogP contribution in [-0.4, -0.2) is 12.1 Å². The lowest BCUT2D eigenvalue weighted by Crippen LogP contribution is -1.91. The zero-order chi connectivity index (χ0) is 17.4. The Morgan fingerprint density at radius 2 is 1.84 bits per heavy atom. The van der Waals surface area contributed by atoms with E-state index in [0.717, 1.165) is 0 Å². The predicted octanol–water partition coefficient (Wildman–Crippen LogP) is 4.89. The van der Waals surface area contributed by atoms with Gasteiger partial charge in [0.25, 0.3) is 0 Å². The van der Waals surface area contributed by atoms with Gasteiger partial charge in [0.1, 0.15) is 17.1 Å². The number of hydrogen-bond acceptors (Lipinski definition) is 4. The molecule has 3 aromatic carbocycles. The second-order valence-corrected chi connectivity index (χ2v) is 5.61. The lowest BCUT2D eigenvalue weighted by Gasteiger charge is -2.09. The van der Waals surface area contributed by atoms with Crippen molar-refractivity contribution < 1.29 is 13.5 Å². The van der Waals surface area contributed by atoms with Gasteiger partial charge in [0, 0.05) is 5.56 Å². The molecule has 0 saturated heterocycles. The van der Waals surface area contributed by atoms with E-state index in [9.17, 15) is 4.39 Å². The highest BCUT2D eigenvalue weighted by molar-refractivity contribution is 5.88. The summed E-state index contributed by atoms with van der Waals surface area (Å²) in [6.07, 6.45) is 0. The molecule has 0 spiro atoms. The van der Waals surface area contributed by atoms with Gasteiger partial charge >= 0.3 is 0 Å². The lowest BCUT2D eigenvalue weighted by molar-refractivity contribution is 0.414. The zero-order valence-electron chi connectivity index (χ0n) is 13.5. The van der Waals surface area contributed by atoms with Crippen molar-refractivity contribution in [1.82, 2.24) is 4.98 Å². The van der Waals surface area contributed by atoms with Crippen molar-refractivity contribution in [3.63, 3.8) is 0 Å². The van der Waals surface area contributed by atoms with Crippen LogP contribution < -0.4 is 10.5 Å². The van der Waals surface area contributed by atoms with Gasteiger partial charge in [0.15, 0.2) is 5.58 Å². The quantitative estimate of drug-likeness (QED) is 0.542. The monoisotopic (exact) mass is 334 g/mol. The van der Waals surface area contributed by atoms with Crippen molar-refractivity contribution in [2.75, 3.05) is 12.8 Å². The molecule has 0 aliphatic heterocycles. The van der Waals surface area contributed by atoms with Crippen LogP contribution in [0.15, 0.2) is 65.1 Å². The topological polar surface area (TPSA) is 61.3 Å². The van der Waals surface area contributed by atoms with Crippen molar-refractivity contribution in [1.29, 1.82) is 0 Å². The summed E-state index contributed by atoms with van der Waals surface area (Å²) in [6.45, 7) is 0. The molecule has 0 atom stereocenters. The molecule has 2 N–H and O–H groups in total. The third-order valence-corrected chi connectivity index (χ3v) is 4.06. The molecule has 1 aromatic heterocycles. The molecule has 5 heteroatoms. The minimum atomic E-state index is -0.291. The molecule has 0 amide bonds. The largest absolute Gasteiger partial charge is 0.496 e. The predicted molar refractivity (Wildman–Crippen MR) is 95.8 cm³/mol. The van der Waals surface area contributed by atoms with Crippen LogP contribution in [0.25, 0.3) is 33.7 Å². The minimum absolute atomic E-state index is 0.291. The number of aromatic nitrogens is 1. The Bertz CT molecular complexity index is 1070. The van der Waals surface area contributed by atoms with Crippen LogP contribution in [0.3, 0.4) is 0 Å². The van der Waals surface area contributed by atoms with E-state index in [2.05, 4.69) is 4.98 Å². The first-order chi connectivity index (χ1) is 12.2. The molecule has 0 radical (unpaired) electrons. The number of methoxy groups -OCH3 is 1. The number of nitrogens with two attached hydrogens (primary N) is 1. The van der Waals surface area contributed by atoms with Crippen molar-refractivity contribution >= 4 is 16.8 Å². The minimum Gasteiger partial charge on any atom is -0.496 e. The Morgan fingerprint density at radius 1 is 1.00 bits per heavy atom. The van der Waals surface area contributed by atoms with Crippen LogP contribution in [0.2, 0.25) is 0 Å². The van der Waals surface area contributed by atoms with Crippen LogP contribution in [0.5, 0.6) is 5.75 Å². The SMILES string of the molecule is COc1ccc(-c2ccccc2F)cc1-c1nc2c(N)cccc2o1. The molecule has 4 aromatic rings. The number of nitrogens with zero attached hydrogens (tertiary/aromatic N) is 1. The molecule has 0 saturated carbocycles. The highest BCUT2D eigenvalue weighted by Gasteiger charge is 2.16. The van der Waals surface area contributed by atoms with Gasteiger partial charge in [-0.1, -0.05) is 30.3 Å².